The molecule has 1 nitrogen and oxygen atoms in total. The second-order valence-corrected chi connectivity index (χ2v) is 4.47. The normalized spacial score (nSPS) is 12.5. The first-order chi connectivity index (χ1) is 8.08. The van der Waals surface area contributed by atoms with Gasteiger partial charge in [0, 0.05) is 15.6 Å². The molecular weight excluding hydrogens is 262 g/mol. The fraction of sp³-hybridized carbons (Fsp3) is 0.0769. The lowest BCUT2D eigenvalue weighted by molar-refractivity contribution is 0.220. The summed E-state index contributed by atoms with van der Waals surface area (Å²) in [6, 6.07) is 10.6. The highest BCUT2D eigenvalue weighted by Crippen LogP contribution is 2.29. The molecule has 0 aliphatic rings. The molecule has 1 atom stereocenters. The molecule has 0 amide bonds. The molecule has 1 unspecified atom stereocenters. The Kier molecular flexibility index (Phi) is 3.67. The van der Waals surface area contributed by atoms with Gasteiger partial charge in [0.15, 0.2) is 0 Å². The van der Waals surface area contributed by atoms with Crippen LogP contribution in [0.4, 0.5) is 4.39 Å². The maximum Gasteiger partial charge on any atom is 0.123 e. The van der Waals surface area contributed by atoms with Crippen LogP contribution in [0.2, 0.25) is 10.0 Å². The molecule has 0 spiro atoms. The topological polar surface area (TPSA) is 20.2 Å². The molecule has 0 aromatic heterocycles. The smallest absolute Gasteiger partial charge is 0.123 e. The van der Waals surface area contributed by atoms with Gasteiger partial charge in [-0.05, 0) is 35.9 Å². The van der Waals surface area contributed by atoms with Crippen molar-refractivity contribution in [3.63, 3.8) is 0 Å². The van der Waals surface area contributed by atoms with Crippen LogP contribution in [0.25, 0.3) is 0 Å². The minimum absolute atomic E-state index is 0.318. The Morgan fingerprint density at radius 3 is 2.53 bits per heavy atom. The Hall–Kier alpha value is -1.09. The highest BCUT2D eigenvalue weighted by molar-refractivity contribution is 6.31. The SMILES string of the molecule is OC(c1cccc(Cl)c1)c1cc(F)ccc1Cl. The Balaban J connectivity index is 2.43. The summed E-state index contributed by atoms with van der Waals surface area (Å²) < 4.78 is 13.1. The van der Waals surface area contributed by atoms with Crippen molar-refractivity contribution >= 4 is 23.2 Å². The van der Waals surface area contributed by atoms with E-state index in [0.717, 1.165) is 0 Å². The molecule has 2 aromatic carbocycles. The van der Waals surface area contributed by atoms with Gasteiger partial charge in [-0.3, -0.25) is 0 Å². The molecule has 0 saturated heterocycles. The minimum Gasteiger partial charge on any atom is -0.384 e. The molecule has 2 aromatic rings. The zero-order valence-corrected chi connectivity index (χ0v) is 10.2. The van der Waals surface area contributed by atoms with Crippen LogP contribution in [-0.2, 0) is 0 Å². The first kappa shape index (κ1) is 12.4. The molecule has 1 N–H and O–H groups in total. The van der Waals surface area contributed by atoms with E-state index >= 15 is 0 Å². The van der Waals surface area contributed by atoms with Gasteiger partial charge in [0.25, 0.3) is 0 Å². The van der Waals surface area contributed by atoms with E-state index < -0.39 is 11.9 Å². The third kappa shape index (κ3) is 2.78. The fourth-order valence-corrected chi connectivity index (χ4v) is 2.00. The number of aliphatic hydroxyl groups is 1. The predicted molar refractivity (Wildman–Crippen MR) is 66.9 cm³/mol. The zero-order valence-electron chi connectivity index (χ0n) is 8.70. The number of hydrogen-bond donors (Lipinski definition) is 1. The molecule has 0 bridgehead atoms. The molecule has 0 aliphatic heterocycles. The van der Waals surface area contributed by atoms with Gasteiger partial charge >= 0.3 is 0 Å². The lowest BCUT2D eigenvalue weighted by atomic mass is 10.0. The maximum atomic E-state index is 13.1. The van der Waals surface area contributed by atoms with Crippen LogP contribution in [0.1, 0.15) is 17.2 Å². The van der Waals surface area contributed by atoms with Crippen molar-refractivity contribution in [3.8, 4) is 0 Å². The Morgan fingerprint density at radius 2 is 1.82 bits per heavy atom. The maximum absolute atomic E-state index is 13.1. The van der Waals surface area contributed by atoms with Gasteiger partial charge in [-0.2, -0.15) is 0 Å². The number of halogens is 3. The number of rotatable bonds is 2. The molecule has 4 heteroatoms. The zero-order chi connectivity index (χ0) is 12.4. The van der Waals surface area contributed by atoms with E-state index in [-0.39, 0.29) is 0 Å². The van der Waals surface area contributed by atoms with Crippen LogP contribution in [0, 0.1) is 5.82 Å². The molecule has 0 aliphatic carbocycles. The van der Waals surface area contributed by atoms with E-state index in [0.29, 0.717) is 21.2 Å². The molecule has 0 saturated carbocycles. The summed E-state index contributed by atoms with van der Waals surface area (Å²) in [5.74, 6) is -0.439. The van der Waals surface area contributed by atoms with Crippen molar-refractivity contribution in [2.24, 2.45) is 0 Å². The van der Waals surface area contributed by atoms with Gasteiger partial charge in [0.1, 0.15) is 11.9 Å². The molecule has 0 heterocycles. The van der Waals surface area contributed by atoms with Gasteiger partial charge in [-0.15, -0.1) is 0 Å². The summed E-state index contributed by atoms with van der Waals surface area (Å²) in [5, 5.41) is 10.9. The number of hydrogen-bond acceptors (Lipinski definition) is 1. The second kappa shape index (κ2) is 5.05. The van der Waals surface area contributed by atoms with Crippen LogP contribution in [0.15, 0.2) is 42.5 Å². The van der Waals surface area contributed by atoms with E-state index in [1.807, 2.05) is 0 Å². The summed E-state index contributed by atoms with van der Waals surface area (Å²) >= 11 is 11.8. The van der Waals surface area contributed by atoms with E-state index in [4.69, 9.17) is 23.2 Å². The summed E-state index contributed by atoms with van der Waals surface area (Å²) in [7, 11) is 0. The van der Waals surface area contributed by atoms with Crippen LogP contribution < -0.4 is 0 Å². The largest absolute Gasteiger partial charge is 0.384 e. The van der Waals surface area contributed by atoms with Crippen LogP contribution in [0.5, 0.6) is 0 Å². The second-order valence-electron chi connectivity index (χ2n) is 3.62. The average Bonchev–Trinajstić information content (AvgIpc) is 2.31. The van der Waals surface area contributed by atoms with E-state index in [9.17, 15) is 9.50 Å². The molecular formula is C13H9Cl2FO. The van der Waals surface area contributed by atoms with Crippen molar-refractivity contribution in [2.75, 3.05) is 0 Å². The van der Waals surface area contributed by atoms with Crippen LogP contribution >= 0.6 is 23.2 Å². The van der Waals surface area contributed by atoms with Crippen molar-refractivity contribution in [3.05, 3.63) is 69.5 Å². The summed E-state index contributed by atoms with van der Waals surface area (Å²) in [4.78, 5) is 0. The highest BCUT2D eigenvalue weighted by Gasteiger charge is 2.14. The van der Waals surface area contributed by atoms with Gasteiger partial charge < -0.3 is 5.11 Å². The summed E-state index contributed by atoms with van der Waals surface area (Å²) in [6.07, 6.45) is -0.989. The molecule has 2 rings (SSSR count). The van der Waals surface area contributed by atoms with Crippen molar-refractivity contribution in [1.82, 2.24) is 0 Å². The van der Waals surface area contributed by atoms with Gasteiger partial charge in [0.2, 0.25) is 0 Å². The first-order valence-electron chi connectivity index (χ1n) is 4.96. The van der Waals surface area contributed by atoms with Crippen LogP contribution in [-0.4, -0.2) is 5.11 Å². The quantitative estimate of drug-likeness (QED) is 0.867. The first-order valence-corrected chi connectivity index (χ1v) is 5.72. The van der Waals surface area contributed by atoms with Gasteiger partial charge in [0.05, 0.1) is 0 Å². The summed E-state index contributed by atoms with van der Waals surface area (Å²) in [6.45, 7) is 0. The number of benzene rings is 2. The Labute approximate surface area is 108 Å². The van der Waals surface area contributed by atoms with Crippen molar-refractivity contribution in [2.45, 2.75) is 6.10 Å². The molecule has 17 heavy (non-hydrogen) atoms. The molecule has 0 fully saturated rings. The lowest BCUT2D eigenvalue weighted by Crippen LogP contribution is -2.01. The number of aliphatic hydroxyl groups excluding tert-OH is 1. The van der Waals surface area contributed by atoms with E-state index in [2.05, 4.69) is 0 Å². The third-order valence-electron chi connectivity index (χ3n) is 2.42. The van der Waals surface area contributed by atoms with Crippen LogP contribution in [0.3, 0.4) is 0 Å². The summed E-state index contributed by atoms with van der Waals surface area (Å²) in [5.41, 5.74) is 0.902. The minimum atomic E-state index is -0.989. The van der Waals surface area contributed by atoms with Gasteiger partial charge in [-0.1, -0.05) is 35.3 Å². The van der Waals surface area contributed by atoms with Crippen molar-refractivity contribution in [1.29, 1.82) is 0 Å². The Bertz CT molecular complexity index is 543. The van der Waals surface area contributed by atoms with E-state index in [1.165, 1.54) is 18.2 Å². The average molecular weight is 271 g/mol. The monoisotopic (exact) mass is 270 g/mol. The highest BCUT2D eigenvalue weighted by atomic mass is 35.5. The fourth-order valence-electron chi connectivity index (χ4n) is 1.58. The third-order valence-corrected chi connectivity index (χ3v) is 3.00. The van der Waals surface area contributed by atoms with Gasteiger partial charge in [-0.25, -0.2) is 4.39 Å². The molecule has 0 radical (unpaired) electrons. The molecule has 88 valence electrons. The predicted octanol–water partition coefficient (Wildman–Crippen LogP) is 4.21. The van der Waals surface area contributed by atoms with E-state index in [1.54, 1.807) is 24.3 Å². The standard InChI is InChI=1S/C13H9Cl2FO/c14-9-3-1-2-8(6-9)13(17)11-7-10(16)4-5-12(11)15/h1-7,13,17H. The lowest BCUT2D eigenvalue weighted by Gasteiger charge is -2.13. The van der Waals surface area contributed by atoms with Crippen molar-refractivity contribution < 1.29 is 9.50 Å². The Morgan fingerprint density at radius 1 is 1.06 bits per heavy atom.